The number of anilines is 1. The number of hydrogen-bond donors (Lipinski definition) is 2. The van der Waals surface area contributed by atoms with Crippen molar-refractivity contribution in [3.63, 3.8) is 0 Å². The standard InChI is InChI=1S/C13H8N4O3/c14-7-8-2-1-3-9(6-8)17-12(18)10-11(13(19)20)16-5-4-15-10/h1-6H,(H,17,18)(H,19,20). The smallest absolute Gasteiger partial charge is 0.356 e. The van der Waals surface area contributed by atoms with E-state index in [0.717, 1.165) is 0 Å². The van der Waals surface area contributed by atoms with Gasteiger partial charge in [-0.05, 0) is 18.2 Å². The highest BCUT2D eigenvalue weighted by molar-refractivity contribution is 6.08. The molecular formula is C13H8N4O3. The van der Waals surface area contributed by atoms with Gasteiger partial charge in [-0.25, -0.2) is 14.8 Å². The summed E-state index contributed by atoms with van der Waals surface area (Å²) in [5, 5.41) is 20.2. The average Bonchev–Trinajstić information content (AvgIpc) is 2.47. The number of nitrogens with zero attached hydrogens (tertiary/aromatic N) is 3. The van der Waals surface area contributed by atoms with Gasteiger partial charge in [0.1, 0.15) is 0 Å². The Bertz CT molecular complexity index is 722. The molecule has 0 spiro atoms. The molecule has 98 valence electrons. The lowest BCUT2D eigenvalue weighted by atomic mass is 10.2. The zero-order chi connectivity index (χ0) is 14.5. The lowest BCUT2D eigenvalue weighted by Crippen LogP contribution is -2.19. The number of amides is 1. The van der Waals surface area contributed by atoms with Crippen LogP contribution in [0.2, 0.25) is 0 Å². The maximum atomic E-state index is 12.0. The third-order valence-corrected chi connectivity index (χ3v) is 2.37. The van der Waals surface area contributed by atoms with Crippen LogP contribution in [0, 0.1) is 11.3 Å². The fourth-order valence-electron chi connectivity index (χ4n) is 1.52. The zero-order valence-electron chi connectivity index (χ0n) is 10.1. The Morgan fingerprint density at radius 2 is 1.90 bits per heavy atom. The van der Waals surface area contributed by atoms with Gasteiger partial charge in [0.05, 0.1) is 11.6 Å². The van der Waals surface area contributed by atoms with E-state index in [1.54, 1.807) is 18.2 Å². The molecule has 7 nitrogen and oxygen atoms in total. The van der Waals surface area contributed by atoms with Crippen LogP contribution in [0.3, 0.4) is 0 Å². The van der Waals surface area contributed by atoms with Crippen LogP contribution in [0.1, 0.15) is 26.5 Å². The van der Waals surface area contributed by atoms with Crippen molar-refractivity contribution in [2.45, 2.75) is 0 Å². The molecule has 0 radical (unpaired) electrons. The molecule has 0 aliphatic rings. The molecule has 2 aromatic rings. The van der Waals surface area contributed by atoms with Gasteiger partial charge in [0.2, 0.25) is 0 Å². The van der Waals surface area contributed by atoms with Gasteiger partial charge in [-0.3, -0.25) is 4.79 Å². The van der Waals surface area contributed by atoms with Crippen molar-refractivity contribution >= 4 is 17.6 Å². The second kappa shape index (κ2) is 5.58. The maximum absolute atomic E-state index is 12.0. The molecular weight excluding hydrogens is 260 g/mol. The highest BCUT2D eigenvalue weighted by Crippen LogP contribution is 2.12. The van der Waals surface area contributed by atoms with E-state index in [2.05, 4.69) is 15.3 Å². The van der Waals surface area contributed by atoms with Crippen LogP contribution in [-0.4, -0.2) is 27.0 Å². The minimum absolute atomic E-state index is 0.289. The quantitative estimate of drug-likeness (QED) is 0.866. The van der Waals surface area contributed by atoms with Crippen LogP contribution in [0.25, 0.3) is 0 Å². The first-order chi connectivity index (χ1) is 9.61. The monoisotopic (exact) mass is 268 g/mol. The van der Waals surface area contributed by atoms with E-state index >= 15 is 0 Å². The minimum atomic E-state index is -1.34. The van der Waals surface area contributed by atoms with Crippen LogP contribution >= 0.6 is 0 Å². The van der Waals surface area contributed by atoms with Crippen molar-refractivity contribution in [1.82, 2.24) is 9.97 Å². The predicted octanol–water partition coefficient (Wildman–Crippen LogP) is 1.30. The molecule has 0 saturated heterocycles. The third-order valence-electron chi connectivity index (χ3n) is 2.37. The van der Waals surface area contributed by atoms with E-state index in [4.69, 9.17) is 10.4 Å². The molecule has 2 N–H and O–H groups in total. The maximum Gasteiger partial charge on any atom is 0.356 e. The Morgan fingerprint density at radius 1 is 1.20 bits per heavy atom. The molecule has 2 rings (SSSR count). The summed E-state index contributed by atoms with van der Waals surface area (Å²) in [6.07, 6.45) is 2.42. The van der Waals surface area contributed by atoms with Crippen molar-refractivity contribution in [2.24, 2.45) is 0 Å². The van der Waals surface area contributed by atoms with Gasteiger partial charge in [0.25, 0.3) is 5.91 Å². The number of hydrogen-bond acceptors (Lipinski definition) is 5. The molecule has 0 unspecified atom stereocenters. The van der Waals surface area contributed by atoms with Crippen LogP contribution < -0.4 is 5.32 Å². The number of carboxylic acids is 1. The molecule has 1 aromatic carbocycles. The van der Waals surface area contributed by atoms with Crippen LogP contribution in [-0.2, 0) is 0 Å². The number of carboxylic acid groups (broad SMARTS) is 1. The van der Waals surface area contributed by atoms with E-state index in [-0.39, 0.29) is 5.69 Å². The predicted molar refractivity (Wildman–Crippen MR) is 68.1 cm³/mol. The van der Waals surface area contributed by atoms with E-state index in [1.165, 1.54) is 18.5 Å². The number of benzene rings is 1. The lowest BCUT2D eigenvalue weighted by Gasteiger charge is -2.06. The van der Waals surface area contributed by atoms with E-state index in [9.17, 15) is 9.59 Å². The summed E-state index contributed by atoms with van der Waals surface area (Å²) in [5.41, 5.74) is 0.0280. The molecule has 7 heteroatoms. The lowest BCUT2D eigenvalue weighted by molar-refractivity contribution is 0.0685. The highest BCUT2D eigenvalue weighted by Gasteiger charge is 2.19. The largest absolute Gasteiger partial charge is 0.476 e. The fourth-order valence-corrected chi connectivity index (χ4v) is 1.52. The van der Waals surface area contributed by atoms with Crippen LogP contribution in [0.4, 0.5) is 5.69 Å². The summed E-state index contributed by atoms with van der Waals surface area (Å²) in [7, 11) is 0. The Morgan fingerprint density at radius 3 is 2.55 bits per heavy atom. The fraction of sp³-hybridized carbons (Fsp3) is 0. The van der Waals surface area contributed by atoms with Gasteiger partial charge >= 0.3 is 5.97 Å². The Hall–Kier alpha value is -3.27. The topological polar surface area (TPSA) is 116 Å². The summed E-state index contributed by atoms with van der Waals surface area (Å²) >= 11 is 0. The summed E-state index contributed by atoms with van der Waals surface area (Å²) in [6.45, 7) is 0. The second-order valence-electron chi connectivity index (χ2n) is 3.71. The van der Waals surface area contributed by atoms with Crippen molar-refractivity contribution in [2.75, 3.05) is 5.32 Å². The van der Waals surface area contributed by atoms with Gasteiger partial charge in [-0.15, -0.1) is 0 Å². The molecule has 0 atom stereocenters. The van der Waals surface area contributed by atoms with Crippen molar-refractivity contribution in [1.29, 1.82) is 5.26 Å². The minimum Gasteiger partial charge on any atom is -0.476 e. The first-order valence-corrected chi connectivity index (χ1v) is 5.47. The second-order valence-corrected chi connectivity index (χ2v) is 3.71. The number of carbonyl (C=O) groups is 2. The number of nitrogens with one attached hydrogen (secondary N) is 1. The Balaban J connectivity index is 2.29. The highest BCUT2D eigenvalue weighted by atomic mass is 16.4. The van der Waals surface area contributed by atoms with Crippen LogP contribution in [0.5, 0.6) is 0 Å². The molecule has 0 aliphatic carbocycles. The molecule has 20 heavy (non-hydrogen) atoms. The number of rotatable bonds is 3. The first kappa shape index (κ1) is 13.2. The molecule has 1 heterocycles. The molecule has 1 amide bonds. The van der Waals surface area contributed by atoms with Gasteiger partial charge in [0.15, 0.2) is 11.4 Å². The van der Waals surface area contributed by atoms with Crippen molar-refractivity contribution < 1.29 is 14.7 Å². The summed E-state index contributed by atoms with van der Waals surface area (Å²) < 4.78 is 0. The van der Waals surface area contributed by atoms with Gasteiger partial charge in [-0.1, -0.05) is 6.07 Å². The summed E-state index contributed by atoms with van der Waals surface area (Å²) in [5.74, 6) is -2.04. The number of nitriles is 1. The Labute approximate surface area is 113 Å². The normalized spacial score (nSPS) is 9.55. The molecule has 1 aromatic heterocycles. The van der Waals surface area contributed by atoms with Gasteiger partial charge in [-0.2, -0.15) is 5.26 Å². The van der Waals surface area contributed by atoms with E-state index in [0.29, 0.717) is 11.3 Å². The van der Waals surface area contributed by atoms with Crippen molar-refractivity contribution in [3.8, 4) is 6.07 Å². The van der Waals surface area contributed by atoms with E-state index in [1.807, 2.05) is 6.07 Å². The number of carbonyl (C=O) groups excluding carboxylic acids is 1. The molecule has 0 saturated carbocycles. The Kier molecular flexibility index (Phi) is 3.67. The average molecular weight is 268 g/mol. The molecule has 0 fully saturated rings. The third kappa shape index (κ3) is 2.76. The molecule has 0 bridgehead atoms. The van der Waals surface area contributed by atoms with Gasteiger partial charge < -0.3 is 10.4 Å². The summed E-state index contributed by atoms with van der Waals surface area (Å²) in [6, 6.07) is 8.17. The zero-order valence-corrected chi connectivity index (χ0v) is 10.1. The van der Waals surface area contributed by atoms with Crippen LogP contribution in [0.15, 0.2) is 36.7 Å². The SMILES string of the molecule is N#Cc1cccc(NC(=O)c2nccnc2C(=O)O)c1. The summed E-state index contributed by atoms with van der Waals surface area (Å²) in [4.78, 5) is 30.3. The van der Waals surface area contributed by atoms with E-state index < -0.39 is 17.6 Å². The molecule has 0 aliphatic heterocycles. The first-order valence-electron chi connectivity index (χ1n) is 5.47. The number of aromatic carboxylic acids is 1. The van der Waals surface area contributed by atoms with Gasteiger partial charge in [0, 0.05) is 18.1 Å². The van der Waals surface area contributed by atoms with Crippen molar-refractivity contribution in [3.05, 3.63) is 53.6 Å². The number of aromatic nitrogens is 2.